The van der Waals surface area contributed by atoms with Crippen LogP contribution in [0.4, 0.5) is 10.1 Å². The van der Waals surface area contributed by atoms with Crippen LogP contribution in [0.2, 0.25) is 0 Å². The zero-order valence-electron chi connectivity index (χ0n) is 22.2. The summed E-state index contributed by atoms with van der Waals surface area (Å²) in [7, 11) is 1.65. The molecule has 0 saturated heterocycles. The molecule has 11 nitrogen and oxygen atoms in total. The van der Waals surface area contributed by atoms with E-state index in [1.54, 1.807) is 43.0 Å². The molecule has 0 spiro atoms. The van der Waals surface area contributed by atoms with Crippen LogP contribution in [0.15, 0.2) is 90.2 Å². The van der Waals surface area contributed by atoms with E-state index >= 15 is 0 Å². The number of halogens is 1. The molecular weight excluding hydrogens is 527 g/mol. The van der Waals surface area contributed by atoms with E-state index < -0.39 is 17.4 Å². The fourth-order valence-corrected chi connectivity index (χ4v) is 4.22. The molecule has 5 rings (SSSR count). The van der Waals surface area contributed by atoms with Gasteiger partial charge in [-0.15, -0.1) is 4.68 Å². The lowest BCUT2D eigenvalue weighted by molar-refractivity contribution is -0.660. The fraction of sp³-hybridized carbons (Fsp3) is 0.138. The Bertz CT molecular complexity index is 1770. The molecule has 206 valence electrons. The molecule has 1 amide bonds. The van der Waals surface area contributed by atoms with E-state index in [0.29, 0.717) is 22.4 Å². The summed E-state index contributed by atoms with van der Waals surface area (Å²) in [6, 6.07) is 17.1. The number of aromatic amines is 1. The number of likely N-dealkylation sites (N-methyl/N-ethyl adjacent to an activating group) is 1. The summed E-state index contributed by atoms with van der Waals surface area (Å²) in [6.07, 6.45) is 4.51. The summed E-state index contributed by atoms with van der Waals surface area (Å²) in [5, 5.41) is 15.8. The third kappa shape index (κ3) is 5.97. The Balaban J connectivity index is 1.56. The van der Waals surface area contributed by atoms with Crippen molar-refractivity contribution in [1.82, 2.24) is 30.4 Å². The summed E-state index contributed by atoms with van der Waals surface area (Å²) in [4.78, 5) is 43.6. The molecule has 5 aromatic rings. The number of carbonyl (C=O) groups is 2. The number of carbonyl (C=O) groups excluding carboxylic acids is 2. The Kier molecular flexibility index (Phi) is 7.83. The second-order valence-electron chi connectivity index (χ2n) is 9.29. The van der Waals surface area contributed by atoms with Gasteiger partial charge in [0, 0.05) is 29.1 Å². The van der Waals surface area contributed by atoms with Gasteiger partial charge in [0.05, 0.1) is 18.3 Å². The standard InChI is InChI=1S/C29H25FN8O3/c1-18(31-2)28(40)34-25-10-11-26(21-4-3-5-24(13-21)38-17-33-35-36-38)37(29(25)41)16-19-12-22(15-32-14-19)27(39)20-6-8-23(30)9-7-20/h3-15,17-18,31H,16H2,1-2H3,(H,34,40)/p+1/t18-/m0/s1. The van der Waals surface area contributed by atoms with Gasteiger partial charge >= 0.3 is 0 Å². The summed E-state index contributed by atoms with van der Waals surface area (Å²) in [5.74, 6) is -1.13. The molecule has 3 aromatic heterocycles. The number of tetrazole rings is 1. The Morgan fingerprint density at radius 2 is 1.85 bits per heavy atom. The first-order valence-electron chi connectivity index (χ1n) is 12.7. The molecule has 0 aliphatic heterocycles. The number of aromatic nitrogens is 6. The topological polar surface area (TPSA) is 139 Å². The van der Waals surface area contributed by atoms with Crippen molar-refractivity contribution in [1.29, 1.82) is 0 Å². The highest BCUT2D eigenvalue weighted by molar-refractivity contribution is 6.08. The molecule has 3 heterocycles. The zero-order valence-corrected chi connectivity index (χ0v) is 22.2. The zero-order chi connectivity index (χ0) is 28.9. The van der Waals surface area contributed by atoms with Crippen molar-refractivity contribution in [2.24, 2.45) is 0 Å². The van der Waals surface area contributed by atoms with Gasteiger partial charge in [0.2, 0.25) is 5.91 Å². The van der Waals surface area contributed by atoms with Crippen molar-refractivity contribution in [3.63, 3.8) is 0 Å². The minimum atomic E-state index is -0.516. The molecule has 0 aliphatic carbocycles. The lowest BCUT2D eigenvalue weighted by Crippen LogP contribution is -2.37. The smallest absolute Gasteiger partial charge is 0.293 e. The molecule has 12 heteroatoms. The monoisotopic (exact) mass is 553 g/mol. The van der Waals surface area contributed by atoms with Crippen molar-refractivity contribution in [3.05, 3.63) is 118 Å². The van der Waals surface area contributed by atoms with Crippen molar-refractivity contribution in [3.8, 4) is 16.9 Å². The number of amides is 1. The first-order valence-corrected chi connectivity index (χ1v) is 12.7. The van der Waals surface area contributed by atoms with Gasteiger partial charge in [-0.1, -0.05) is 17.3 Å². The van der Waals surface area contributed by atoms with Gasteiger partial charge in [-0.25, -0.2) is 4.39 Å². The molecule has 2 aromatic carbocycles. The van der Waals surface area contributed by atoms with Crippen LogP contribution in [0.25, 0.3) is 16.9 Å². The second-order valence-corrected chi connectivity index (χ2v) is 9.29. The van der Waals surface area contributed by atoms with Crippen LogP contribution >= 0.6 is 0 Å². The van der Waals surface area contributed by atoms with Gasteiger partial charge in [-0.05, 0) is 74.1 Å². The Morgan fingerprint density at radius 3 is 2.59 bits per heavy atom. The van der Waals surface area contributed by atoms with Crippen LogP contribution in [0.3, 0.4) is 0 Å². The number of hydrogen-bond donors (Lipinski definition) is 3. The fourth-order valence-electron chi connectivity index (χ4n) is 4.22. The summed E-state index contributed by atoms with van der Waals surface area (Å²) < 4.78 is 16.5. The maximum absolute atomic E-state index is 13.8. The van der Waals surface area contributed by atoms with Crippen LogP contribution in [0.1, 0.15) is 28.4 Å². The minimum Gasteiger partial charge on any atom is -0.320 e. The number of ketones is 1. The minimum absolute atomic E-state index is 0.0555. The number of nitrogens with zero attached hydrogens (tertiary/aromatic N) is 5. The molecule has 3 N–H and O–H groups in total. The van der Waals surface area contributed by atoms with Gasteiger partial charge in [0.15, 0.2) is 11.0 Å². The number of anilines is 1. The molecule has 1 atom stereocenters. The van der Waals surface area contributed by atoms with E-state index in [4.69, 9.17) is 0 Å². The number of benzene rings is 2. The maximum Gasteiger partial charge on any atom is 0.293 e. The van der Waals surface area contributed by atoms with E-state index in [-0.39, 0.29) is 23.9 Å². The summed E-state index contributed by atoms with van der Waals surface area (Å²) >= 11 is 0. The van der Waals surface area contributed by atoms with Crippen molar-refractivity contribution < 1.29 is 18.7 Å². The van der Waals surface area contributed by atoms with Gasteiger partial charge in [0.1, 0.15) is 22.3 Å². The van der Waals surface area contributed by atoms with Gasteiger partial charge in [0.25, 0.3) is 11.9 Å². The highest BCUT2D eigenvalue weighted by Gasteiger charge is 2.18. The average molecular weight is 554 g/mol. The maximum atomic E-state index is 13.8. The highest BCUT2D eigenvalue weighted by Crippen LogP contribution is 2.22. The predicted molar refractivity (Wildman–Crippen MR) is 148 cm³/mol. The van der Waals surface area contributed by atoms with Crippen LogP contribution in [-0.4, -0.2) is 49.9 Å². The number of pyridine rings is 2. The van der Waals surface area contributed by atoms with Crippen LogP contribution in [0, 0.1) is 5.82 Å². The second kappa shape index (κ2) is 11.8. The summed E-state index contributed by atoms with van der Waals surface area (Å²) in [6.45, 7) is 1.74. The van der Waals surface area contributed by atoms with E-state index in [0.717, 1.165) is 11.3 Å². The number of nitrogens with one attached hydrogen (secondary N) is 3. The molecule has 0 bridgehead atoms. The SMILES string of the molecule is CN[C@@H](C)C(=O)Nc1ccc(-c2cccc(-[n+]3cnn[nH]3)c2)n(Cc2cncc(C(=O)c3ccc(F)cc3)c2)c1=O. The van der Waals surface area contributed by atoms with Crippen LogP contribution in [0.5, 0.6) is 0 Å². The Labute approximate surface area is 233 Å². The molecule has 41 heavy (non-hydrogen) atoms. The first-order chi connectivity index (χ1) is 19.8. The lowest BCUT2D eigenvalue weighted by Gasteiger charge is -2.17. The quantitative estimate of drug-likeness (QED) is 0.188. The third-order valence-electron chi connectivity index (χ3n) is 6.56. The Hall–Kier alpha value is -5.36. The highest BCUT2D eigenvalue weighted by atomic mass is 19.1. The molecule has 0 fully saturated rings. The van der Waals surface area contributed by atoms with Gasteiger partial charge < -0.3 is 15.2 Å². The van der Waals surface area contributed by atoms with E-state index in [1.807, 2.05) is 24.3 Å². The van der Waals surface area contributed by atoms with E-state index in [2.05, 4.69) is 31.1 Å². The number of hydrogen-bond acceptors (Lipinski definition) is 7. The van der Waals surface area contributed by atoms with E-state index in [9.17, 15) is 18.8 Å². The largest absolute Gasteiger partial charge is 0.320 e. The normalized spacial score (nSPS) is 11.7. The van der Waals surface area contributed by atoms with Crippen molar-refractivity contribution in [2.75, 3.05) is 12.4 Å². The summed E-state index contributed by atoms with van der Waals surface area (Å²) in [5.41, 5.74) is 2.88. The van der Waals surface area contributed by atoms with E-state index in [1.165, 1.54) is 41.4 Å². The lowest BCUT2D eigenvalue weighted by atomic mass is 10.0. The molecule has 0 saturated carbocycles. The Morgan fingerprint density at radius 1 is 1.05 bits per heavy atom. The number of H-pyrrole nitrogens is 1. The van der Waals surface area contributed by atoms with Gasteiger partial charge in [-0.3, -0.25) is 19.4 Å². The van der Waals surface area contributed by atoms with Crippen LogP contribution in [-0.2, 0) is 11.3 Å². The van der Waals surface area contributed by atoms with Crippen LogP contribution < -0.4 is 20.9 Å². The number of rotatable bonds is 9. The molecular formula is C29H26FN8O3+. The molecule has 0 aliphatic rings. The molecule has 0 radical (unpaired) electrons. The average Bonchev–Trinajstić information content (AvgIpc) is 3.54. The third-order valence-corrected chi connectivity index (χ3v) is 6.56. The van der Waals surface area contributed by atoms with Gasteiger partial charge in [-0.2, -0.15) is 0 Å². The predicted octanol–water partition coefficient (Wildman–Crippen LogP) is 2.27. The van der Waals surface area contributed by atoms with Crippen molar-refractivity contribution >= 4 is 17.4 Å². The molecule has 0 unspecified atom stereocenters. The first kappa shape index (κ1) is 27.2. The van der Waals surface area contributed by atoms with Crippen molar-refractivity contribution in [2.45, 2.75) is 19.5 Å².